The number of hydrogen-bond donors (Lipinski definition) is 2. The zero-order chi connectivity index (χ0) is 12.5. The van der Waals surface area contributed by atoms with E-state index in [1.165, 1.54) is 23.2 Å². The molecule has 2 aromatic rings. The zero-order valence-corrected chi connectivity index (χ0v) is 10.6. The first-order chi connectivity index (χ1) is 8.74. The fraction of sp³-hybridized carbons (Fsp3) is 0.250. The molecule has 2 atom stereocenters. The fourth-order valence-electron chi connectivity index (χ4n) is 2.47. The van der Waals surface area contributed by atoms with Gasteiger partial charge in [0.05, 0.1) is 0 Å². The van der Waals surface area contributed by atoms with Crippen LogP contribution in [0.15, 0.2) is 48.5 Å². The van der Waals surface area contributed by atoms with E-state index in [0.29, 0.717) is 12.0 Å². The van der Waals surface area contributed by atoms with Gasteiger partial charge in [-0.15, -0.1) is 0 Å². The summed E-state index contributed by atoms with van der Waals surface area (Å²) >= 11 is 0. The van der Waals surface area contributed by atoms with Crippen LogP contribution in [0.1, 0.15) is 23.5 Å². The summed E-state index contributed by atoms with van der Waals surface area (Å²) in [7, 11) is 0. The van der Waals surface area contributed by atoms with Gasteiger partial charge in [0.25, 0.3) is 0 Å². The van der Waals surface area contributed by atoms with Crippen molar-refractivity contribution in [1.29, 1.82) is 0 Å². The second-order valence-electron chi connectivity index (χ2n) is 5.08. The van der Waals surface area contributed by atoms with Gasteiger partial charge in [0.1, 0.15) is 0 Å². The molecule has 0 radical (unpaired) electrons. The number of benzene rings is 2. The summed E-state index contributed by atoms with van der Waals surface area (Å²) in [5.74, 6) is 0.656. The Morgan fingerprint density at radius 3 is 2.61 bits per heavy atom. The third kappa shape index (κ3) is 2.19. The van der Waals surface area contributed by atoms with Crippen LogP contribution in [-0.2, 0) is 0 Å². The van der Waals surface area contributed by atoms with Crippen molar-refractivity contribution in [3.63, 3.8) is 0 Å². The molecule has 1 fully saturated rings. The average Bonchev–Trinajstić information content (AvgIpc) is 3.13. The zero-order valence-electron chi connectivity index (χ0n) is 10.6. The number of anilines is 2. The summed E-state index contributed by atoms with van der Waals surface area (Å²) in [6, 6.07) is 17.3. The topological polar surface area (TPSA) is 38.0 Å². The first kappa shape index (κ1) is 11.1. The van der Waals surface area contributed by atoms with E-state index in [9.17, 15) is 0 Å². The van der Waals surface area contributed by atoms with Crippen molar-refractivity contribution in [3.05, 3.63) is 59.7 Å². The lowest BCUT2D eigenvalue weighted by atomic mass is 10.1. The SMILES string of the molecule is Cc1cc(N)ccc1NC1CC1c1ccccc1. The molecular formula is C16H18N2. The molecule has 0 amide bonds. The highest BCUT2D eigenvalue weighted by Gasteiger charge is 2.38. The standard InChI is InChI=1S/C16H18N2/c1-11-9-13(17)7-8-15(11)18-16-10-14(16)12-5-3-2-4-6-12/h2-9,14,16,18H,10,17H2,1H3. The summed E-state index contributed by atoms with van der Waals surface area (Å²) in [5, 5.41) is 3.60. The van der Waals surface area contributed by atoms with E-state index in [1.54, 1.807) is 0 Å². The molecule has 3 rings (SSSR count). The van der Waals surface area contributed by atoms with E-state index in [1.807, 2.05) is 12.1 Å². The Hall–Kier alpha value is -1.96. The van der Waals surface area contributed by atoms with Crippen LogP contribution in [0.4, 0.5) is 11.4 Å². The van der Waals surface area contributed by atoms with Crippen LogP contribution < -0.4 is 11.1 Å². The lowest BCUT2D eigenvalue weighted by molar-refractivity contribution is 1.04. The van der Waals surface area contributed by atoms with Crippen LogP contribution in [0.3, 0.4) is 0 Å². The summed E-state index contributed by atoms with van der Waals surface area (Å²) in [6.45, 7) is 2.10. The number of hydrogen-bond acceptors (Lipinski definition) is 2. The molecule has 3 N–H and O–H groups in total. The number of nitrogen functional groups attached to an aromatic ring is 1. The molecule has 0 aliphatic heterocycles. The van der Waals surface area contributed by atoms with Crippen LogP contribution in [0.5, 0.6) is 0 Å². The molecule has 2 nitrogen and oxygen atoms in total. The maximum atomic E-state index is 5.76. The fourth-order valence-corrected chi connectivity index (χ4v) is 2.47. The second-order valence-corrected chi connectivity index (χ2v) is 5.08. The van der Waals surface area contributed by atoms with Gasteiger partial charge in [-0.3, -0.25) is 0 Å². The monoisotopic (exact) mass is 238 g/mol. The summed E-state index contributed by atoms with van der Waals surface area (Å²) in [4.78, 5) is 0. The van der Waals surface area contributed by atoms with E-state index in [0.717, 1.165) is 5.69 Å². The maximum absolute atomic E-state index is 5.76. The normalized spacial score (nSPS) is 21.6. The number of nitrogens with two attached hydrogens (primary N) is 1. The van der Waals surface area contributed by atoms with E-state index >= 15 is 0 Å². The molecule has 1 saturated carbocycles. The Bertz CT molecular complexity index is 548. The molecule has 2 unspecified atom stereocenters. The molecule has 0 aromatic heterocycles. The van der Waals surface area contributed by atoms with Crippen LogP contribution >= 0.6 is 0 Å². The maximum Gasteiger partial charge on any atom is 0.0373 e. The van der Waals surface area contributed by atoms with Crippen molar-refractivity contribution in [2.75, 3.05) is 11.1 Å². The van der Waals surface area contributed by atoms with Crippen LogP contribution in [0, 0.1) is 6.92 Å². The average molecular weight is 238 g/mol. The Kier molecular flexibility index (Phi) is 2.71. The van der Waals surface area contributed by atoms with Gasteiger partial charge in [0.2, 0.25) is 0 Å². The summed E-state index contributed by atoms with van der Waals surface area (Å²) in [5.41, 5.74) is 10.4. The van der Waals surface area contributed by atoms with Gasteiger partial charge in [0.15, 0.2) is 0 Å². The number of aryl methyl sites for hydroxylation is 1. The third-order valence-electron chi connectivity index (χ3n) is 3.61. The molecule has 0 bridgehead atoms. The van der Waals surface area contributed by atoms with E-state index < -0.39 is 0 Å². The minimum Gasteiger partial charge on any atom is -0.399 e. The minimum atomic E-state index is 0.565. The lowest BCUT2D eigenvalue weighted by Crippen LogP contribution is -2.05. The molecule has 0 spiro atoms. The molecular weight excluding hydrogens is 220 g/mol. The first-order valence-electron chi connectivity index (χ1n) is 6.41. The molecule has 1 aliphatic rings. The predicted molar refractivity (Wildman–Crippen MR) is 76.8 cm³/mol. The first-order valence-corrected chi connectivity index (χ1v) is 6.41. The van der Waals surface area contributed by atoms with Crippen LogP contribution in [0.25, 0.3) is 0 Å². The van der Waals surface area contributed by atoms with E-state index in [-0.39, 0.29) is 0 Å². The van der Waals surface area contributed by atoms with Crippen molar-refractivity contribution in [2.24, 2.45) is 0 Å². The number of rotatable bonds is 3. The molecule has 1 aliphatic carbocycles. The van der Waals surface area contributed by atoms with Crippen molar-refractivity contribution < 1.29 is 0 Å². The van der Waals surface area contributed by atoms with Gasteiger partial charge in [0, 0.05) is 23.3 Å². The molecule has 18 heavy (non-hydrogen) atoms. The van der Waals surface area contributed by atoms with Crippen LogP contribution in [-0.4, -0.2) is 6.04 Å². The molecule has 2 heteroatoms. The Labute approximate surface area is 108 Å². The van der Waals surface area contributed by atoms with E-state index in [4.69, 9.17) is 5.73 Å². The molecule has 0 saturated heterocycles. The van der Waals surface area contributed by atoms with Gasteiger partial charge in [-0.1, -0.05) is 30.3 Å². The highest BCUT2D eigenvalue weighted by atomic mass is 15.0. The van der Waals surface area contributed by atoms with Crippen molar-refractivity contribution in [3.8, 4) is 0 Å². The van der Waals surface area contributed by atoms with Crippen molar-refractivity contribution in [2.45, 2.75) is 25.3 Å². The number of nitrogens with one attached hydrogen (secondary N) is 1. The Balaban J connectivity index is 1.69. The van der Waals surface area contributed by atoms with Crippen molar-refractivity contribution >= 4 is 11.4 Å². The van der Waals surface area contributed by atoms with Crippen LogP contribution in [0.2, 0.25) is 0 Å². The highest BCUT2D eigenvalue weighted by Crippen LogP contribution is 2.43. The summed E-state index contributed by atoms with van der Waals surface area (Å²) in [6.07, 6.45) is 1.22. The largest absolute Gasteiger partial charge is 0.399 e. The minimum absolute atomic E-state index is 0.565. The van der Waals surface area contributed by atoms with Gasteiger partial charge in [-0.25, -0.2) is 0 Å². The Morgan fingerprint density at radius 2 is 1.89 bits per heavy atom. The molecule has 2 aromatic carbocycles. The quantitative estimate of drug-likeness (QED) is 0.803. The molecule has 92 valence electrons. The summed E-state index contributed by atoms with van der Waals surface area (Å²) < 4.78 is 0. The predicted octanol–water partition coefficient (Wildman–Crippen LogP) is 3.55. The lowest BCUT2D eigenvalue weighted by Gasteiger charge is -2.10. The highest BCUT2D eigenvalue weighted by molar-refractivity contribution is 5.59. The van der Waals surface area contributed by atoms with Gasteiger partial charge >= 0.3 is 0 Å². The van der Waals surface area contributed by atoms with Crippen molar-refractivity contribution in [1.82, 2.24) is 0 Å². The van der Waals surface area contributed by atoms with Gasteiger partial charge < -0.3 is 11.1 Å². The Morgan fingerprint density at radius 1 is 1.11 bits per heavy atom. The molecule has 0 heterocycles. The second kappa shape index (κ2) is 4.37. The van der Waals surface area contributed by atoms with Gasteiger partial charge in [-0.05, 0) is 42.7 Å². The third-order valence-corrected chi connectivity index (χ3v) is 3.61. The van der Waals surface area contributed by atoms with Gasteiger partial charge in [-0.2, -0.15) is 0 Å². The van der Waals surface area contributed by atoms with E-state index in [2.05, 4.69) is 48.6 Å². The smallest absolute Gasteiger partial charge is 0.0373 e.